The van der Waals surface area contributed by atoms with Crippen LogP contribution in [0.1, 0.15) is 17.0 Å². The molecule has 0 saturated heterocycles. The molecule has 2 aromatic carbocycles. The van der Waals surface area contributed by atoms with Crippen molar-refractivity contribution in [3.63, 3.8) is 0 Å². The minimum Gasteiger partial charge on any atom is -0.457 e. The second kappa shape index (κ2) is 8.30. The second-order valence-corrected chi connectivity index (χ2v) is 6.65. The van der Waals surface area contributed by atoms with Crippen LogP contribution in [-0.2, 0) is 0 Å². The van der Waals surface area contributed by atoms with Crippen LogP contribution >= 0.6 is 0 Å². The fourth-order valence-electron chi connectivity index (χ4n) is 3.15. The summed E-state index contributed by atoms with van der Waals surface area (Å²) in [5.74, 6) is 0.832. The number of non-ortho nitro benzene ring substituents is 1. The van der Waals surface area contributed by atoms with E-state index in [1.54, 1.807) is 36.4 Å². The van der Waals surface area contributed by atoms with Gasteiger partial charge in [0.2, 0.25) is 0 Å². The highest BCUT2D eigenvalue weighted by atomic mass is 16.6. The highest BCUT2D eigenvalue weighted by Gasteiger charge is 2.20. The zero-order valence-corrected chi connectivity index (χ0v) is 16.5. The number of anilines is 1. The van der Waals surface area contributed by atoms with Gasteiger partial charge in [0, 0.05) is 23.8 Å². The van der Waals surface area contributed by atoms with Crippen LogP contribution in [0.2, 0.25) is 0 Å². The number of rotatable bonds is 5. The van der Waals surface area contributed by atoms with Gasteiger partial charge in [-0.05, 0) is 24.3 Å². The molecular formula is C23H14N6O3. The molecule has 32 heavy (non-hydrogen) atoms. The molecule has 2 aromatic heterocycles. The number of nitrogen functional groups attached to an aromatic ring is 1. The maximum atomic E-state index is 11.0. The molecule has 2 N–H and O–H groups in total. The second-order valence-electron chi connectivity index (χ2n) is 6.65. The van der Waals surface area contributed by atoms with Gasteiger partial charge in [0.1, 0.15) is 40.7 Å². The summed E-state index contributed by atoms with van der Waals surface area (Å²) in [6.07, 6.45) is 1.44. The molecular weight excluding hydrogens is 408 g/mol. The maximum absolute atomic E-state index is 11.0. The molecule has 9 heteroatoms. The molecule has 0 fully saturated rings. The Morgan fingerprint density at radius 3 is 2.59 bits per heavy atom. The Hall–Kier alpha value is -5.15. The third kappa shape index (κ3) is 3.70. The van der Waals surface area contributed by atoms with Crippen LogP contribution in [0, 0.1) is 32.8 Å². The lowest BCUT2D eigenvalue weighted by Gasteiger charge is -2.02. The first-order valence-corrected chi connectivity index (χ1v) is 9.32. The number of nitriles is 2. The van der Waals surface area contributed by atoms with Crippen molar-refractivity contribution in [3.8, 4) is 29.1 Å². The van der Waals surface area contributed by atoms with Gasteiger partial charge in [-0.1, -0.05) is 30.3 Å². The number of aromatic nitrogens is 2. The summed E-state index contributed by atoms with van der Waals surface area (Å²) in [4.78, 5) is 10.5. The number of nitrogens with two attached hydrogens (primary N) is 1. The van der Waals surface area contributed by atoms with Crippen LogP contribution < -0.4 is 5.73 Å². The normalized spacial score (nSPS) is 11.0. The van der Waals surface area contributed by atoms with E-state index in [9.17, 15) is 20.6 Å². The Labute approximate surface area is 182 Å². The van der Waals surface area contributed by atoms with Crippen molar-refractivity contribution in [3.05, 3.63) is 93.9 Å². The largest absolute Gasteiger partial charge is 0.457 e. The van der Waals surface area contributed by atoms with E-state index < -0.39 is 4.92 Å². The maximum Gasteiger partial charge on any atom is 0.270 e. The van der Waals surface area contributed by atoms with Crippen LogP contribution in [-0.4, -0.2) is 14.7 Å². The van der Waals surface area contributed by atoms with E-state index in [1.807, 2.05) is 30.3 Å². The smallest absolute Gasteiger partial charge is 0.270 e. The first-order chi connectivity index (χ1) is 15.5. The molecule has 0 aliphatic rings. The fourth-order valence-corrected chi connectivity index (χ4v) is 3.15. The van der Waals surface area contributed by atoms with E-state index in [2.05, 4.69) is 5.10 Å². The molecule has 0 unspecified atom stereocenters. The Kier molecular flexibility index (Phi) is 5.22. The van der Waals surface area contributed by atoms with Gasteiger partial charge in [0.25, 0.3) is 5.69 Å². The van der Waals surface area contributed by atoms with E-state index in [-0.39, 0.29) is 28.3 Å². The molecule has 154 valence electrons. The average Bonchev–Trinajstić information content (AvgIpc) is 3.42. The third-order valence-electron chi connectivity index (χ3n) is 4.66. The lowest BCUT2D eigenvalue weighted by atomic mass is 10.1. The number of nitrogens with zero attached hydrogens (tertiary/aromatic N) is 5. The summed E-state index contributed by atoms with van der Waals surface area (Å²) < 4.78 is 7.15. The highest BCUT2D eigenvalue weighted by molar-refractivity contribution is 5.91. The monoisotopic (exact) mass is 422 g/mol. The Morgan fingerprint density at radius 1 is 1.12 bits per heavy atom. The van der Waals surface area contributed by atoms with Crippen molar-refractivity contribution in [2.24, 2.45) is 0 Å². The Morgan fingerprint density at radius 2 is 1.91 bits per heavy atom. The molecule has 0 spiro atoms. The zero-order chi connectivity index (χ0) is 22.7. The van der Waals surface area contributed by atoms with E-state index in [0.717, 1.165) is 0 Å². The van der Waals surface area contributed by atoms with Gasteiger partial charge in [-0.3, -0.25) is 10.1 Å². The van der Waals surface area contributed by atoms with Crippen molar-refractivity contribution < 1.29 is 9.34 Å². The molecule has 0 saturated carbocycles. The molecule has 4 rings (SSSR count). The number of hydrogen-bond donors (Lipinski definition) is 1. The van der Waals surface area contributed by atoms with Crippen LogP contribution in [0.25, 0.3) is 28.7 Å². The number of nitro benzene ring substituents is 1. The Balaban J connectivity index is 1.74. The van der Waals surface area contributed by atoms with Crippen molar-refractivity contribution in [2.45, 2.75) is 0 Å². The van der Waals surface area contributed by atoms with Crippen LogP contribution in [0.5, 0.6) is 0 Å². The standard InChI is InChI=1S/C23H14N6O3/c24-13-16(22-20(14-25)23(26)28(27-22)17-6-2-1-3-7-17)12-19-9-10-21(32-19)15-5-4-8-18(11-15)29(30)31/h1-12H,26H2/b16-12+. The number of hydrogen-bond acceptors (Lipinski definition) is 7. The van der Waals surface area contributed by atoms with Gasteiger partial charge in [-0.2, -0.15) is 15.6 Å². The molecule has 2 heterocycles. The van der Waals surface area contributed by atoms with Crippen molar-refractivity contribution in [2.75, 3.05) is 5.73 Å². The summed E-state index contributed by atoms with van der Waals surface area (Å²) in [6, 6.07) is 22.3. The number of para-hydroxylation sites is 1. The van der Waals surface area contributed by atoms with Crippen LogP contribution in [0.3, 0.4) is 0 Å². The molecule has 0 aliphatic carbocycles. The van der Waals surface area contributed by atoms with Gasteiger partial charge in [0.15, 0.2) is 0 Å². The topological polar surface area (TPSA) is 148 Å². The number of nitro groups is 1. The van der Waals surface area contributed by atoms with Gasteiger partial charge < -0.3 is 10.2 Å². The minimum atomic E-state index is -0.488. The van der Waals surface area contributed by atoms with Crippen molar-refractivity contribution in [1.82, 2.24) is 9.78 Å². The number of allylic oxidation sites excluding steroid dienone is 1. The summed E-state index contributed by atoms with van der Waals surface area (Å²) in [6.45, 7) is 0. The lowest BCUT2D eigenvalue weighted by molar-refractivity contribution is -0.384. The quantitative estimate of drug-likeness (QED) is 0.281. The van der Waals surface area contributed by atoms with Gasteiger partial charge in [-0.25, -0.2) is 4.68 Å². The van der Waals surface area contributed by atoms with Gasteiger partial charge >= 0.3 is 0 Å². The summed E-state index contributed by atoms with van der Waals surface area (Å²) in [5, 5.41) is 34.7. The summed E-state index contributed by atoms with van der Waals surface area (Å²) in [5.41, 5.74) is 7.51. The lowest BCUT2D eigenvalue weighted by Crippen LogP contribution is -2.02. The summed E-state index contributed by atoms with van der Waals surface area (Å²) >= 11 is 0. The van der Waals surface area contributed by atoms with Crippen LogP contribution in [0.15, 0.2) is 71.1 Å². The predicted octanol–water partition coefficient (Wildman–Crippen LogP) is 4.56. The van der Waals surface area contributed by atoms with E-state index in [0.29, 0.717) is 22.8 Å². The van der Waals surface area contributed by atoms with E-state index in [4.69, 9.17) is 10.2 Å². The molecule has 0 bridgehead atoms. The number of furan rings is 1. The van der Waals surface area contributed by atoms with Gasteiger partial charge in [-0.15, -0.1) is 0 Å². The van der Waals surface area contributed by atoms with Gasteiger partial charge in [0.05, 0.1) is 16.2 Å². The average molecular weight is 422 g/mol. The predicted molar refractivity (Wildman–Crippen MR) is 117 cm³/mol. The summed E-state index contributed by atoms with van der Waals surface area (Å²) in [7, 11) is 0. The minimum absolute atomic E-state index is 0.0608. The third-order valence-corrected chi connectivity index (χ3v) is 4.66. The van der Waals surface area contributed by atoms with Crippen LogP contribution in [0.4, 0.5) is 11.5 Å². The molecule has 9 nitrogen and oxygen atoms in total. The highest BCUT2D eigenvalue weighted by Crippen LogP contribution is 2.30. The van der Waals surface area contributed by atoms with E-state index >= 15 is 0 Å². The molecule has 0 amide bonds. The SMILES string of the molecule is N#C/C(=C\c1ccc(-c2cccc([N+](=O)[O-])c2)o1)c1nn(-c2ccccc2)c(N)c1C#N. The van der Waals surface area contributed by atoms with E-state index in [1.165, 1.54) is 22.9 Å². The molecule has 0 aliphatic heterocycles. The number of benzene rings is 2. The van der Waals surface area contributed by atoms with Crippen molar-refractivity contribution >= 4 is 23.2 Å². The zero-order valence-electron chi connectivity index (χ0n) is 16.5. The molecule has 4 aromatic rings. The fraction of sp³-hybridized carbons (Fsp3) is 0. The first kappa shape index (κ1) is 20.1. The molecule has 0 radical (unpaired) electrons. The Bertz CT molecular complexity index is 1430. The first-order valence-electron chi connectivity index (χ1n) is 9.32. The molecule has 0 atom stereocenters. The van der Waals surface area contributed by atoms with Crippen molar-refractivity contribution in [1.29, 1.82) is 10.5 Å².